The van der Waals surface area contributed by atoms with E-state index in [1.165, 1.54) is 4.90 Å². The molecule has 0 aromatic carbocycles. The molecule has 1 saturated heterocycles. The Labute approximate surface area is 108 Å². The van der Waals surface area contributed by atoms with Crippen molar-refractivity contribution in [1.29, 1.82) is 0 Å². The van der Waals surface area contributed by atoms with Gasteiger partial charge in [-0.05, 0) is 31.6 Å². The van der Waals surface area contributed by atoms with Gasteiger partial charge in [0.1, 0.15) is 6.04 Å². The average Bonchev–Trinajstić information content (AvgIpc) is 2.81. The molecule has 1 aliphatic heterocycles. The van der Waals surface area contributed by atoms with Gasteiger partial charge in [-0.1, -0.05) is 19.8 Å². The first-order valence-electron chi connectivity index (χ1n) is 6.88. The van der Waals surface area contributed by atoms with E-state index in [9.17, 15) is 14.7 Å². The number of carboxylic acid groups (broad SMARTS) is 1. The summed E-state index contributed by atoms with van der Waals surface area (Å²) in [4.78, 5) is 24.9. The molecule has 18 heavy (non-hydrogen) atoms. The van der Waals surface area contributed by atoms with Crippen LogP contribution in [0.15, 0.2) is 0 Å². The molecule has 2 atom stereocenters. The summed E-state index contributed by atoms with van der Waals surface area (Å²) in [6.07, 6.45) is 5.81. The van der Waals surface area contributed by atoms with Crippen LogP contribution < -0.4 is 5.32 Å². The Kier molecular flexibility index (Phi) is 4.09. The van der Waals surface area contributed by atoms with Gasteiger partial charge >= 0.3 is 12.0 Å². The topological polar surface area (TPSA) is 69.6 Å². The van der Waals surface area contributed by atoms with Crippen molar-refractivity contribution in [2.24, 2.45) is 5.92 Å². The molecule has 1 heterocycles. The summed E-state index contributed by atoms with van der Waals surface area (Å²) in [6.45, 7) is 2.60. The van der Waals surface area contributed by atoms with Crippen molar-refractivity contribution in [3.8, 4) is 0 Å². The molecule has 0 radical (unpaired) electrons. The van der Waals surface area contributed by atoms with Gasteiger partial charge in [0.15, 0.2) is 0 Å². The van der Waals surface area contributed by atoms with Crippen LogP contribution in [0, 0.1) is 5.92 Å². The zero-order valence-corrected chi connectivity index (χ0v) is 10.9. The molecule has 2 rings (SSSR count). The molecular weight excluding hydrogens is 232 g/mol. The molecule has 1 saturated carbocycles. The van der Waals surface area contributed by atoms with Gasteiger partial charge in [-0.2, -0.15) is 0 Å². The van der Waals surface area contributed by atoms with Gasteiger partial charge in [0.2, 0.25) is 0 Å². The van der Waals surface area contributed by atoms with Crippen molar-refractivity contribution in [3.05, 3.63) is 0 Å². The third kappa shape index (κ3) is 2.94. The fraction of sp³-hybridized carbons (Fsp3) is 0.846. The van der Waals surface area contributed by atoms with Crippen molar-refractivity contribution in [2.75, 3.05) is 6.54 Å². The van der Waals surface area contributed by atoms with Crippen molar-refractivity contribution in [1.82, 2.24) is 10.2 Å². The van der Waals surface area contributed by atoms with Crippen molar-refractivity contribution < 1.29 is 14.7 Å². The number of nitrogens with one attached hydrogen (secondary N) is 1. The Morgan fingerprint density at radius 3 is 2.50 bits per heavy atom. The highest BCUT2D eigenvalue weighted by Crippen LogP contribution is 2.24. The lowest BCUT2D eigenvalue weighted by atomic mass is 9.93. The lowest BCUT2D eigenvalue weighted by molar-refractivity contribution is -0.143. The molecule has 2 unspecified atom stereocenters. The lowest BCUT2D eigenvalue weighted by Gasteiger charge is -2.36. The van der Waals surface area contributed by atoms with Crippen LogP contribution in [0.25, 0.3) is 0 Å². The predicted molar refractivity (Wildman–Crippen MR) is 67.3 cm³/mol. The highest BCUT2D eigenvalue weighted by Gasteiger charge is 2.35. The molecule has 5 heteroatoms. The van der Waals surface area contributed by atoms with E-state index in [1.807, 2.05) is 6.92 Å². The van der Waals surface area contributed by atoms with E-state index < -0.39 is 12.0 Å². The molecule has 0 aromatic rings. The molecule has 0 aromatic heterocycles. The quantitative estimate of drug-likeness (QED) is 0.789. The number of amides is 2. The molecule has 1 aliphatic carbocycles. The number of hydrogen-bond donors (Lipinski definition) is 2. The number of carbonyl (C=O) groups excluding carboxylic acids is 1. The summed E-state index contributed by atoms with van der Waals surface area (Å²) in [5, 5.41) is 12.2. The third-order valence-electron chi connectivity index (χ3n) is 4.09. The van der Waals surface area contributed by atoms with E-state index in [-0.39, 0.29) is 12.1 Å². The summed E-state index contributed by atoms with van der Waals surface area (Å²) in [7, 11) is 0. The average molecular weight is 254 g/mol. The number of urea groups is 1. The number of carboxylic acids is 1. The summed E-state index contributed by atoms with van der Waals surface area (Å²) in [5.41, 5.74) is 0. The van der Waals surface area contributed by atoms with E-state index >= 15 is 0 Å². The van der Waals surface area contributed by atoms with Gasteiger partial charge in [0, 0.05) is 12.6 Å². The maximum atomic E-state index is 12.1. The first kappa shape index (κ1) is 13.2. The second-order valence-electron chi connectivity index (χ2n) is 5.61. The number of rotatable bonds is 2. The normalized spacial score (nSPS) is 29.3. The Bertz CT molecular complexity index is 326. The Hall–Kier alpha value is -1.26. The smallest absolute Gasteiger partial charge is 0.326 e. The summed E-state index contributed by atoms with van der Waals surface area (Å²) in [6, 6.07) is -0.609. The van der Waals surface area contributed by atoms with Crippen molar-refractivity contribution in [2.45, 2.75) is 57.5 Å². The minimum atomic E-state index is -0.886. The van der Waals surface area contributed by atoms with Gasteiger partial charge in [-0.15, -0.1) is 0 Å². The summed E-state index contributed by atoms with van der Waals surface area (Å²) in [5.74, 6) is -0.509. The largest absolute Gasteiger partial charge is 0.480 e. The molecule has 0 spiro atoms. The maximum absolute atomic E-state index is 12.1. The van der Waals surface area contributed by atoms with Crippen LogP contribution in [0.3, 0.4) is 0 Å². The van der Waals surface area contributed by atoms with Gasteiger partial charge < -0.3 is 15.3 Å². The Balaban J connectivity index is 1.95. The fourth-order valence-corrected chi connectivity index (χ4v) is 2.95. The van der Waals surface area contributed by atoms with Crippen molar-refractivity contribution >= 4 is 12.0 Å². The number of carbonyl (C=O) groups is 2. The van der Waals surface area contributed by atoms with Crippen LogP contribution in [0.5, 0.6) is 0 Å². The van der Waals surface area contributed by atoms with Crippen LogP contribution in [-0.2, 0) is 4.79 Å². The molecular formula is C13H22N2O3. The molecule has 2 aliphatic rings. The van der Waals surface area contributed by atoms with Crippen LogP contribution in [0.2, 0.25) is 0 Å². The minimum Gasteiger partial charge on any atom is -0.480 e. The number of piperidine rings is 1. The summed E-state index contributed by atoms with van der Waals surface area (Å²) >= 11 is 0. The molecule has 2 amide bonds. The predicted octanol–water partition coefficient (Wildman–Crippen LogP) is 1.82. The van der Waals surface area contributed by atoms with Gasteiger partial charge in [0.05, 0.1) is 0 Å². The first-order chi connectivity index (χ1) is 8.58. The van der Waals surface area contributed by atoms with Crippen molar-refractivity contribution in [3.63, 3.8) is 0 Å². The van der Waals surface area contributed by atoms with E-state index in [2.05, 4.69) is 5.32 Å². The maximum Gasteiger partial charge on any atom is 0.326 e. The number of likely N-dealkylation sites (tertiary alicyclic amines) is 1. The summed E-state index contributed by atoms with van der Waals surface area (Å²) < 4.78 is 0. The van der Waals surface area contributed by atoms with Crippen LogP contribution >= 0.6 is 0 Å². The second kappa shape index (κ2) is 5.59. The number of hydrogen-bond acceptors (Lipinski definition) is 2. The van der Waals surface area contributed by atoms with Crippen LogP contribution in [-0.4, -0.2) is 40.6 Å². The third-order valence-corrected chi connectivity index (χ3v) is 4.09. The van der Waals surface area contributed by atoms with E-state index in [1.54, 1.807) is 0 Å². The van der Waals surface area contributed by atoms with Gasteiger partial charge in [-0.25, -0.2) is 9.59 Å². The zero-order valence-electron chi connectivity index (χ0n) is 10.9. The van der Waals surface area contributed by atoms with Gasteiger partial charge in [-0.3, -0.25) is 0 Å². The van der Waals surface area contributed by atoms with E-state index in [4.69, 9.17) is 0 Å². The standard InChI is InChI=1S/C13H22N2O3/c1-9-6-7-15(11(8-9)12(16)17)13(18)14-10-4-2-3-5-10/h9-11H,2-8H2,1H3,(H,14,18)(H,16,17). The molecule has 0 bridgehead atoms. The minimum absolute atomic E-state index is 0.193. The van der Waals surface area contributed by atoms with Crippen LogP contribution in [0.4, 0.5) is 4.79 Å². The van der Waals surface area contributed by atoms with E-state index in [0.717, 1.165) is 32.1 Å². The Morgan fingerprint density at radius 1 is 1.22 bits per heavy atom. The zero-order chi connectivity index (χ0) is 13.1. The van der Waals surface area contributed by atoms with E-state index in [0.29, 0.717) is 18.9 Å². The monoisotopic (exact) mass is 254 g/mol. The second-order valence-corrected chi connectivity index (χ2v) is 5.61. The number of nitrogens with zero attached hydrogens (tertiary/aromatic N) is 1. The molecule has 102 valence electrons. The van der Waals surface area contributed by atoms with Gasteiger partial charge in [0.25, 0.3) is 0 Å². The highest BCUT2D eigenvalue weighted by atomic mass is 16.4. The Morgan fingerprint density at radius 2 is 1.89 bits per heavy atom. The number of aliphatic carboxylic acids is 1. The lowest BCUT2D eigenvalue weighted by Crippen LogP contribution is -2.54. The first-order valence-corrected chi connectivity index (χ1v) is 6.88. The SMILES string of the molecule is CC1CCN(C(=O)NC2CCCC2)C(C(=O)O)C1. The molecule has 5 nitrogen and oxygen atoms in total. The molecule has 2 fully saturated rings. The van der Waals surface area contributed by atoms with Crippen LogP contribution in [0.1, 0.15) is 45.4 Å². The molecule has 2 N–H and O–H groups in total. The highest BCUT2D eigenvalue weighted by molar-refractivity contribution is 5.83. The fourth-order valence-electron chi connectivity index (χ4n) is 2.95.